The number of alkyl halides is 2. The molecule has 0 fully saturated rings. The van der Waals surface area contributed by atoms with Crippen LogP contribution in [-0.4, -0.2) is 11.6 Å². The maximum Gasteiger partial charge on any atom is 0.387 e. The van der Waals surface area contributed by atoms with Gasteiger partial charge in [-0.2, -0.15) is 8.78 Å². The van der Waals surface area contributed by atoms with Crippen LogP contribution in [0.4, 0.5) is 14.5 Å². The van der Waals surface area contributed by atoms with E-state index in [1.807, 2.05) is 18.2 Å². The zero-order valence-corrected chi connectivity index (χ0v) is 13.9. The van der Waals surface area contributed by atoms with Crippen molar-refractivity contribution in [2.24, 2.45) is 0 Å². The van der Waals surface area contributed by atoms with E-state index < -0.39 is 6.61 Å². The molecule has 25 heavy (non-hydrogen) atoms. The fourth-order valence-corrected chi connectivity index (χ4v) is 2.63. The second kappa shape index (κ2) is 7.94. The van der Waals surface area contributed by atoms with E-state index in [-0.39, 0.29) is 5.75 Å². The highest BCUT2D eigenvalue weighted by atomic mass is 35.5. The van der Waals surface area contributed by atoms with E-state index in [0.717, 1.165) is 11.3 Å². The van der Waals surface area contributed by atoms with Gasteiger partial charge in [0.2, 0.25) is 0 Å². The monoisotopic (exact) mass is 360 g/mol. The van der Waals surface area contributed by atoms with E-state index >= 15 is 0 Å². The molecule has 0 bridgehead atoms. The van der Waals surface area contributed by atoms with E-state index in [0.29, 0.717) is 22.7 Å². The molecule has 3 nitrogen and oxygen atoms in total. The first-order valence-electron chi connectivity index (χ1n) is 7.59. The van der Waals surface area contributed by atoms with Crippen molar-refractivity contribution in [1.29, 1.82) is 0 Å². The summed E-state index contributed by atoms with van der Waals surface area (Å²) in [5.74, 6) is 0.113. The standard InChI is InChI=1S/C19H15ClF2N2O/c20-15-4-1-3-14(10-15)17-9-13(6-7-18(17)25-19(21)22)11-24-16-5-2-8-23-12-16/h1-10,12,19,24H,11H2. The van der Waals surface area contributed by atoms with Crippen molar-refractivity contribution in [2.75, 3.05) is 5.32 Å². The van der Waals surface area contributed by atoms with Gasteiger partial charge in [-0.05, 0) is 47.5 Å². The Hall–Kier alpha value is -2.66. The molecule has 0 amide bonds. The number of rotatable bonds is 6. The molecule has 1 N–H and O–H groups in total. The first-order chi connectivity index (χ1) is 12.1. The summed E-state index contributed by atoms with van der Waals surface area (Å²) in [4.78, 5) is 4.04. The zero-order chi connectivity index (χ0) is 17.6. The Kier molecular flexibility index (Phi) is 5.46. The number of aromatic nitrogens is 1. The number of ether oxygens (including phenoxy) is 1. The SMILES string of the molecule is FC(F)Oc1ccc(CNc2cccnc2)cc1-c1cccc(Cl)c1. The topological polar surface area (TPSA) is 34.1 Å². The van der Waals surface area contributed by atoms with E-state index in [4.69, 9.17) is 11.6 Å². The number of benzene rings is 2. The van der Waals surface area contributed by atoms with Gasteiger partial charge in [-0.25, -0.2) is 0 Å². The van der Waals surface area contributed by atoms with Crippen molar-refractivity contribution in [1.82, 2.24) is 4.98 Å². The fraction of sp³-hybridized carbons (Fsp3) is 0.105. The molecule has 0 unspecified atom stereocenters. The van der Waals surface area contributed by atoms with Crippen LogP contribution >= 0.6 is 11.6 Å². The van der Waals surface area contributed by atoms with Gasteiger partial charge >= 0.3 is 6.61 Å². The summed E-state index contributed by atoms with van der Waals surface area (Å²) < 4.78 is 30.0. The molecule has 0 saturated carbocycles. The Balaban J connectivity index is 1.89. The Labute approximate surface area is 149 Å². The molecule has 1 aromatic heterocycles. The number of nitrogens with zero attached hydrogens (tertiary/aromatic N) is 1. The van der Waals surface area contributed by atoms with Crippen LogP contribution in [0.3, 0.4) is 0 Å². The normalized spacial score (nSPS) is 10.7. The minimum atomic E-state index is -2.89. The van der Waals surface area contributed by atoms with Crippen LogP contribution in [0.1, 0.15) is 5.56 Å². The van der Waals surface area contributed by atoms with Crippen LogP contribution in [0.25, 0.3) is 11.1 Å². The number of anilines is 1. The lowest BCUT2D eigenvalue weighted by Gasteiger charge is -2.14. The summed E-state index contributed by atoms with van der Waals surface area (Å²) in [7, 11) is 0. The Bertz CT molecular complexity index is 844. The summed E-state index contributed by atoms with van der Waals surface area (Å²) in [6.07, 6.45) is 3.41. The zero-order valence-electron chi connectivity index (χ0n) is 13.1. The molecule has 0 spiro atoms. The minimum Gasteiger partial charge on any atom is -0.434 e. The average Bonchev–Trinajstić information content (AvgIpc) is 2.61. The lowest BCUT2D eigenvalue weighted by molar-refractivity contribution is -0.0494. The third-order valence-corrected chi connectivity index (χ3v) is 3.79. The smallest absolute Gasteiger partial charge is 0.387 e. The highest BCUT2D eigenvalue weighted by molar-refractivity contribution is 6.30. The molecule has 0 saturated heterocycles. The summed E-state index contributed by atoms with van der Waals surface area (Å²) in [5.41, 5.74) is 3.07. The summed E-state index contributed by atoms with van der Waals surface area (Å²) in [6.45, 7) is -2.37. The molecule has 2 aromatic carbocycles. The number of pyridine rings is 1. The number of hydrogen-bond donors (Lipinski definition) is 1. The lowest BCUT2D eigenvalue weighted by atomic mass is 10.0. The van der Waals surface area contributed by atoms with E-state index in [9.17, 15) is 8.78 Å². The molecule has 3 aromatic rings. The van der Waals surface area contributed by atoms with Crippen LogP contribution in [0.15, 0.2) is 67.0 Å². The Morgan fingerprint density at radius 2 is 1.96 bits per heavy atom. The second-order valence-corrected chi connectivity index (χ2v) is 5.75. The predicted octanol–water partition coefficient (Wildman–Crippen LogP) is 5.62. The largest absolute Gasteiger partial charge is 0.434 e. The van der Waals surface area contributed by atoms with Crippen LogP contribution in [0.5, 0.6) is 5.75 Å². The lowest BCUT2D eigenvalue weighted by Crippen LogP contribution is -2.05. The maximum atomic E-state index is 12.7. The van der Waals surface area contributed by atoms with Crippen LogP contribution in [0.2, 0.25) is 5.02 Å². The quantitative estimate of drug-likeness (QED) is 0.620. The van der Waals surface area contributed by atoms with Gasteiger partial charge in [0.1, 0.15) is 5.75 Å². The number of halogens is 3. The van der Waals surface area contributed by atoms with Gasteiger partial charge in [0, 0.05) is 29.5 Å². The molecule has 128 valence electrons. The molecular weight excluding hydrogens is 346 g/mol. The highest BCUT2D eigenvalue weighted by Crippen LogP contribution is 2.33. The number of hydrogen-bond acceptors (Lipinski definition) is 3. The van der Waals surface area contributed by atoms with Gasteiger partial charge in [-0.3, -0.25) is 4.98 Å². The molecule has 0 radical (unpaired) electrons. The minimum absolute atomic E-state index is 0.113. The summed E-state index contributed by atoms with van der Waals surface area (Å²) >= 11 is 6.03. The van der Waals surface area contributed by atoms with Crippen molar-refractivity contribution in [2.45, 2.75) is 13.2 Å². The summed E-state index contributed by atoms with van der Waals surface area (Å²) in [5, 5.41) is 3.76. The molecule has 0 aliphatic rings. The van der Waals surface area contributed by atoms with Crippen LogP contribution < -0.4 is 10.1 Å². The molecule has 3 rings (SSSR count). The van der Waals surface area contributed by atoms with Crippen molar-refractivity contribution < 1.29 is 13.5 Å². The average molecular weight is 361 g/mol. The van der Waals surface area contributed by atoms with Gasteiger partial charge in [-0.15, -0.1) is 0 Å². The molecule has 0 aliphatic heterocycles. The van der Waals surface area contributed by atoms with Crippen molar-refractivity contribution in [3.05, 3.63) is 77.6 Å². The van der Waals surface area contributed by atoms with E-state index in [1.165, 1.54) is 0 Å². The van der Waals surface area contributed by atoms with Crippen molar-refractivity contribution >= 4 is 17.3 Å². The van der Waals surface area contributed by atoms with Gasteiger partial charge in [0.15, 0.2) is 0 Å². The molecule has 0 atom stereocenters. The van der Waals surface area contributed by atoms with Crippen molar-refractivity contribution in [3.63, 3.8) is 0 Å². The molecule has 6 heteroatoms. The van der Waals surface area contributed by atoms with Crippen LogP contribution in [-0.2, 0) is 6.54 Å². The fourth-order valence-electron chi connectivity index (χ4n) is 2.44. The Morgan fingerprint density at radius 3 is 2.68 bits per heavy atom. The first kappa shape index (κ1) is 17.2. The molecule has 0 aliphatic carbocycles. The predicted molar refractivity (Wildman–Crippen MR) is 95.1 cm³/mol. The third-order valence-electron chi connectivity index (χ3n) is 3.55. The molecular formula is C19H15ClF2N2O. The molecule has 1 heterocycles. The maximum absolute atomic E-state index is 12.7. The Morgan fingerprint density at radius 1 is 1.08 bits per heavy atom. The van der Waals surface area contributed by atoms with Gasteiger partial charge in [0.05, 0.1) is 5.69 Å². The van der Waals surface area contributed by atoms with Gasteiger partial charge in [0.25, 0.3) is 0 Å². The van der Waals surface area contributed by atoms with Crippen LogP contribution in [0, 0.1) is 0 Å². The van der Waals surface area contributed by atoms with Gasteiger partial charge in [-0.1, -0.05) is 29.8 Å². The number of nitrogens with one attached hydrogen (secondary N) is 1. The van der Waals surface area contributed by atoms with Gasteiger partial charge < -0.3 is 10.1 Å². The highest BCUT2D eigenvalue weighted by Gasteiger charge is 2.12. The summed E-state index contributed by atoms with van der Waals surface area (Å²) in [6, 6.07) is 15.9. The van der Waals surface area contributed by atoms with Crippen molar-refractivity contribution in [3.8, 4) is 16.9 Å². The van der Waals surface area contributed by atoms with E-state index in [2.05, 4.69) is 15.0 Å². The van der Waals surface area contributed by atoms with E-state index in [1.54, 1.807) is 48.8 Å². The third kappa shape index (κ3) is 4.67. The second-order valence-electron chi connectivity index (χ2n) is 5.31. The first-order valence-corrected chi connectivity index (χ1v) is 7.97.